The van der Waals surface area contributed by atoms with E-state index >= 15 is 0 Å². The predicted molar refractivity (Wildman–Crippen MR) is 129 cm³/mol. The maximum absolute atomic E-state index is 13.4. The molecule has 0 saturated carbocycles. The van der Waals surface area contributed by atoms with Crippen molar-refractivity contribution in [2.75, 3.05) is 6.54 Å². The Morgan fingerprint density at radius 1 is 1.06 bits per heavy atom. The molecule has 3 N–H and O–H groups in total. The molecule has 33 heavy (non-hydrogen) atoms. The van der Waals surface area contributed by atoms with Gasteiger partial charge in [-0.3, -0.25) is 15.1 Å². The average Bonchev–Trinajstić information content (AvgIpc) is 2.81. The molecule has 4 rings (SSSR count). The first-order chi connectivity index (χ1) is 16.0. The van der Waals surface area contributed by atoms with E-state index in [4.69, 9.17) is 11.1 Å². The minimum Gasteiger partial charge on any atom is -0.381 e. The van der Waals surface area contributed by atoms with E-state index in [1.165, 1.54) is 25.6 Å². The van der Waals surface area contributed by atoms with E-state index < -0.39 is 0 Å². The van der Waals surface area contributed by atoms with Crippen molar-refractivity contribution in [2.24, 2.45) is 5.73 Å². The second kappa shape index (κ2) is 10.2. The summed E-state index contributed by atoms with van der Waals surface area (Å²) in [5.41, 5.74) is 6.91. The molecule has 0 amide bonds. The third-order valence-electron chi connectivity index (χ3n) is 6.55. The molecule has 1 aliphatic heterocycles. The number of rotatable bonds is 8. The monoisotopic (exact) mass is 448 g/mol. The second-order valence-corrected chi connectivity index (χ2v) is 8.88. The number of nitrogens with two attached hydrogens (primary N) is 1. The minimum atomic E-state index is -0.280. The molecule has 0 aliphatic carbocycles. The maximum atomic E-state index is 13.4. The fraction of sp³-hybridized carbons (Fsp3) is 0.500. The summed E-state index contributed by atoms with van der Waals surface area (Å²) in [5, 5.41) is 7.57. The van der Waals surface area contributed by atoms with Crippen molar-refractivity contribution in [3.8, 4) is 11.5 Å². The van der Waals surface area contributed by atoms with Crippen LogP contribution in [0.3, 0.4) is 0 Å². The molecule has 1 aromatic carbocycles. The van der Waals surface area contributed by atoms with Gasteiger partial charge in [-0.15, -0.1) is 0 Å². The van der Waals surface area contributed by atoms with Crippen LogP contribution in [0.15, 0.2) is 35.4 Å². The van der Waals surface area contributed by atoms with Crippen molar-refractivity contribution in [1.82, 2.24) is 29.4 Å². The molecule has 174 valence electrons. The van der Waals surface area contributed by atoms with E-state index in [0.717, 1.165) is 31.3 Å². The molecule has 1 saturated heterocycles. The molecule has 3 aromatic rings. The van der Waals surface area contributed by atoms with Crippen LogP contribution in [0.5, 0.6) is 0 Å². The topological polar surface area (TPSA) is 127 Å². The van der Waals surface area contributed by atoms with Crippen molar-refractivity contribution in [1.29, 1.82) is 5.41 Å². The van der Waals surface area contributed by atoms with E-state index in [9.17, 15) is 4.79 Å². The molecule has 0 spiro atoms. The normalized spacial score (nSPS) is 19.1. The summed E-state index contributed by atoms with van der Waals surface area (Å²) in [6, 6.07) is 8.91. The van der Waals surface area contributed by atoms with E-state index in [1.54, 1.807) is 4.57 Å². The molecule has 1 aliphatic rings. The zero-order valence-corrected chi connectivity index (χ0v) is 19.4. The van der Waals surface area contributed by atoms with Gasteiger partial charge in [-0.25, -0.2) is 19.9 Å². The molecule has 0 bridgehead atoms. The minimum absolute atomic E-state index is 0.0297. The van der Waals surface area contributed by atoms with Gasteiger partial charge >= 0.3 is 0 Å². The fourth-order valence-electron chi connectivity index (χ4n) is 4.76. The third kappa shape index (κ3) is 5.08. The van der Waals surface area contributed by atoms with Gasteiger partial charge in [0.05, 0.1) is 11.0 Å². The number of hydrogen-bond acceptors (Lipinski definition) is 7. The van der Waals surface area contributed by atoms with Crippen LogP contribution < -0.4 is 11.3 Å². The smallest absolute Gasteiger partial charge is 0.280 e. The standard InChI is InChI=1S/C24H32N8O/c1-16-9-8-10-17(2)31(16)13-6-3-7-14-32-19-12-5-4-11-18(19)29-20(24(32)33)22-27-15-28-23(30-22)21(25)26/h4-5,11-12,15-17H,3,6-10,13-14H2,1-2H3,(H3,25,26)/t16-,17+. The summed E-state index contributed by atoms with van der Waals surface area (Å²) in [6.07, 6.45) is 8.22. The van der Waals surface area contributed by atoms with Crippen LogP contribution >= 0.6 is 0 Å². The highest BCUT2D eigenvalue weighted by Gasteiger charge is 2.23. The molecular formula is C24H32N8O. The first-order valence-electron chi connectivity index (χ1n) is 11.7. The lowest BCUT2D eigenvalue weighted by molar-refractivity contribution is 0.101. The molecule has 3 heterocycles. The molecule has 2 atom stereocenters. The Kier molecular flexibility index (Phi) is 7.08. The number of benzene rings is 1. The Morgan fingerprint density at radius 3 is 2.55 bits per heavy atom. The lowest BCUT2D eigenvalue weighted by Gasteiger charge is -2.39. The van der Waals surface area contributed by atoms with E-state index in [-0.39, 0.29) is 28.7 Å². The number of amidine groups is 1. The lowest BCUT2D eigenvalue weighted by atomic mass is 9.97. The predicted octanol–water partition coefficient (Wildman–Crippen LogP) is 2.97. The number of nitrogen functional groups attached to an aromatic ring is 1. The van der Waals surface area contributed by atoms with Gasteiger partial charge in [0, 0.05) is 18.6 Å². The third-order valence-corrected chi connectivity index (χ3v) is 6.55. The maximum Gasteiger partial charge on any atom is 0.280 e. The largest absolute Gasteiger partial charge is 0.381 e. The fourth-order valence-corrected chi connectivity index (χ4v) is 4.76. The van der Waals surface area contributed by atoms with Crippen LogP contribution in [-0.2, 0) is 6.54 Å². The molecular weight excluding hydrogens is 416 g/mol. The van der Waals surface area contributed by atoms with E-state index in [2.05, 4.69) is 38.7 Å². The Morgan fingerprint density at radius 2 is 1.79 bits per heavy atom. The van der Waals surface area contributed by atoms with Gasteiger partial charge in [-0.2, -0.15) is 0 Å². The first-order valence-corrected chi connectivity index (χ1v) is 11.7. The number of hydrogen-bond donors (Lipinski definition) is 2. The van der Waals surface area contributed by atoms with Gasteiger partial charge in [-0.05, 0) is 58.2 Å². The highest BCUT2D eigenvalue weighted by atomic mass is 16.1. The van der Waals surface area contributed by atoms with Crippen molar-refractivity contribution in [2.45, 2.75) is 71.0 Å². The first kappa shape index (κ1) is 23.0. The van der Waals surface area contributed by atoms with E-state index in [0.29, 0.717) is 24.1 Å². The molecule has 0 unspecified atom stereocenters. The highest BCUT2D eigenvalue weighted by molar-refractivity contribution is 5.91. The molecule has 2 aromatic heterocycles. The summed E-state index contributed by atoms with van der Waals surface area (Å²) in [7, 11) is 0. The summed E-state index contributed by atoms with van der Waals surface area (Å²) >= 11 is 0. The number of nitrogens with zero attached hydrogens (tertiary/aromatic N) is 6. The number of unbranched alkanes of at least 4 members (excludes halogenated alkanes) is 2. The zero-order chi connectivity index (χ0) is 23.4. The second-order valence-electron chi connectivity index (χ2n) is 8.88. The molecule has 9 nitrogen and oxygen atoms in total. The SMILES string of the molecule is C[C@@H]1CCC[C@H](C)N1CCCCCn1c(=O)c(-c2ncnc(C(=N)N)n2)nc2ccccc21. The van der Waals surface area contributed by atoms with Gasteiger partial charge < -0.3 is 10.3 Å². The van der Waals surface area contributed by atoms with Crippen LogP contribution in [0.4, 0.5) is 0 Å². The van der Waals surface area contributed by atoms with Crippen LogP contribution in [0.1, 0.15) is 58.2 Å². The van der Waals surface area contributed by atoms with Gasteiger partial charge in [0.15, 0.2) is 23.2 Å². The summed E-state index contributed by atoms with van der Waals surface area (Å²) in [4.78, 5) is 32.7. The van der Waals surface area contributed by atoms with Crippen LogP contribution in [0.2, 0.25) is 0 Å². The molecule has 9 heteroatoms. The summed E-state index contributed by atoms with van der Waals surface area (Å²) in [6.45, 7) is 6.37. The Balaban J connectivity index is 1.52. The van der Waals surface area contributed by atoms with Gasteiger partial charge in [0.2, 0.25) is 0 Å². The summed E-state index contributed by atoms with van der Waals surface area (Å²) in [5.74, 6) is -0.119. The van der Waals surface area contributed by atoms with Gasteiger partial charge in [0.1, 0.15) is 6.33 Å². The van der Waals surface area contributed by atoms with Crippen molar-refractivity contribution < 1.29 is 0 Å². The number of piperidine rings is 1. The highest BCUT2D eigenvalue weighted by Crippen LogP contribution is 2.23. The molecule has 0 radical (unpaired) electrons. The van der Waals surface area contributed by atoms with Crippen molar-refractivity contribution in [3.05, 3.63) is 46.8 Å². The Labute approximate surface area is 193 Å². The Bertz CT molecular complexity index is 1180. The number of para-hydroxylation sites is 2. The quantitative estimate of drug-likeness (QED) is 0.308. The Hall–Kier alpha value is -3.20. The van der Waals surface area contributed by atoms with Crippen molar-refractivity contribution in [3.63, 3.8) is 0 Å². The number of fused-ring (bicyclic) bond motifs is 1. The van der Waals surface area contributed by atoms with Crippen LogP contribution in [0, 0.1) is 5.41 Å². The van der Waals surface area contributed by atoms with E-state index in [1.807, 2.05) is 24.3 Å². The lowest BCUT2D eigenvalue weighted by Crippen LogP contribution is -2.44. The average molecular weight is 449 g/mol. The number of aryl methyl sites for hydroxylation is 1. The van der Waals surface area contributed by atoms with Crippen LogP contribution in [0.25, 0.3) is 22.6 Å². The van der Waals surface area contributed by atoms with Crippen molar-refractivity contribution >= 4 is 16.9 Å². The zero-order valence-electron chi connectivity index (χ0n) is 19.4. The van der Waals surface area contributed by atoms with Gasteiger partial charge in [-0.1, -0.05) is 25.0 Å². The number of likely N-dealkylation sites (tertiary alicyclic amines) is 1. The van der Waals surface area contributed by atoms with Gasteiger partial charge in [0.25, 0.3) is 5.56 Å². The molecule has 1 fully saturated rings. The number of nitrogens with one attached hydrogen (secondary N) is 1. The number of aromatic nitrogens is 5. The summed E-state index contributed by atoms with van der Waals surface area (Å²) < 4.78 is 1.76. The van der Waals surface area contributed by atoms with Crippen LogP contribution in [-0.4, -0.2) is 53.9 Å².